The summed E-state index contributed by atoms with van der Waals surface area (Å²) in [5.74, 6) is 1.88. The topological polar surface area (TPSA) is 59.1 Å². The SMILES string of the molecule is CCC1CCC(C(O)Cc2ccnc(N)c2)CC1. The summed E-state index contributed by atoms with van der Waals surface area (Å²) in [6, 6.07) is 3.80. The third kappa shape index (κ3) is 3.45. The third-order valence-electron chi connectivity index (χ3n) is 4.30. The zero-order chi connectivity index (χ0) is 13.0. The highest BCUT2D eigenvalue weighted by atomic mass is 16.3. The van der Waals surface area contributed by atoms with Crippen LogP contribution in [0, 0.1) is 11.8 Å². The molecule has 3 N–H and O–H groups in total. The molecule has 1 aromatic rings. The molecule has 1 aromatic heterocycles. The molecule has 0 amide bonds. The molecule has 3 nitrogen and oxygen atoms in total. The monoisotopic (exact) mass is 248 g/mol. The molecule has 1 aliphatic carbocycles. The van der Waals surface area contributed by atoms with E-state index in [-0.39, 0.29) is 6.10 Å². The first-order valence-electron chi connectivity index (χ1n) is 7.07. The fourth-order valence-corrected chi connectivity index (χ4v) is 3.01. The Morgan fingerprint density at radius 1 is 1.39 bits per heavy atom. The van der Waals surface area contributed by atoms with Crippen LogP contribution in [0.3, 0.4) is 0 Å². The van der Waals surface area contributed by atoms with E-state index in [9.17, 15) is 5.11 Å². The summed E-state index contributed by atoms with van der Waals surface area (Å²) >= 11 is 0. The van der Waals surface area contributed by atoms with E-state index in [4.69, 9.17) is 5.73 Å². The molecule has 1 fully saturated rings. The van der Waals surface area contributed by atoms with Gasteiger partial charge < -0.3 is 10.8 Å². The lowest BCUT2D eigenvalue weighted by molar-refractivity contribution is 0.0735. The van der Waals surface area contributed by atoms with Crippen molar-refractivity contribution in [2.75, 3.05) is 5.73 Å². The van der Waals surface area contributed by atoms with Crippen LogP contribution in [0.4, 0.5) is 5.82 Å². The van der Waals surface area contributed by atoms with Gasteiger partial charge in [0.2, 0.25) is 0 Å². The van der Waals surface area contributed by atoms with Gasteiger partial charge in [0, 0.05) is 6.20 Å². The number of hydrogen-bond donors (Lipinski definition) is 2. The summed E-state index contributed by atoms with van der Waals surface area (Å²) in [7, 11) is 0. The third-order valence-corrected chi connectivity index (χ3v) is 4.30. The van der Waals surface area contributed by atoms with E-state index in [1.54, 1.807) is 6.20 Å². The largest absolute Gasteiger partial charge is 0.392 e. The first kappa shape index (κ1) is 13.3. The summed E-state index contributed by atoms with van der Waals surface area (Å²) in [6.07, 6.45) is 8.35. The Morgan fingerprint density at radius 2 is 2.11 bits per heavy atom. The van der Waals surface area contributed by atoms with Crippen LogP contribution in [0.25, 0.3) is 0 Å². The molecule has 1 heterocycles. The smallest absolute Gasteiger partial charge is 0.123 e. The summed E-state index contributed by atoms with van der Waals surface area (Å²) in [5, 5.41) is 10.3. The maximum atomic E-state index is 10.3. The van der Waals surface area contributed by atoms with Crippen molar-refractivity contribution in [3.63, 3.8) is 0 Å². The van der Waals surface area contributed by atoms with Crippen LogP contribution in [0.2, 0.25) is 0 Å². The predicted molar refractivity (Wildman–Crippen MR) is 74.1 cm³/mol. The summed E-state index contributed by atoms with van der Waals surface area (Å²) in [6.45, 7) is 2.27. The Kier molecular flexibility index (Phi) is 4.59. The average molecular weight is 248 g/mol. The van der Waals surface area contributed by atoms with Crippen molar-refractivity contribution < 1.29 is 5.11 Å². The molecule has 0 radical (unpaired) electrons. The Balaban J connectivity index is 1.87. The number of aliphatic hydroxyl groups excluding tert-OH is 1. The van der Waals surface area contributed by atoms with Crippen molar-refractivity contribution in [3.8, 4) is 0 Å². The van der Waals surface area contributed by atoms with Gasteiger partial charge in [-0.05, 0) is 48.8 Å². The highest BCUT2D eigenvalue weighted by Crippen LogP contribution is 2.33. The molecule has 100 valence electrons. The minimum absolute atomic E-state index is 0.232. The fraction of sp³-hybridized carbons (Fsp3) is 0.667. The van der Waals surface area contributed by atoms with Crippen LogP contribution in [-0.2, 0) is 6.42 Å². The number of hydrogen-bond acceptors (Lipinski definition) is 3. The lowest BCUT2D eigenvalue weighted by Crippen LogP contribution is -2.27. The number of rotatable bonds is 4. The van der Waals surface area contributed by atoms with Gasteiger partial charge in [0.15, 0.2) is 0 Å². The van der Waals surface area contributed by atoms with E-state index in [1.165, 1.54) is 32.1 Å². The quantitative estimate of drug-likeness (QED) is 0.861. The zero-order valence-corrected chi connectivity index (χ0v) is 11.2. The van der Waals surface area contributed by atoms with Crippen LogP contribution in [0.5, 0.6) is 0 Å². The molecule has 0 bridgehead atoms. The zero-order valence-electron chi connectivity index (χ0n) is 11.2. The molecule has 1 unspecified atom stereocenters. The minimum atomic E-state index is -0.232. The molecule has 0 saturated heterocycles. The predicted octanol–water partition coefficient (Wildman–Crippen LogP) is 2.78. The van der Waals surface area contributed by atoms with Gasteiger partial charge in [-0.3, -0.25) is 0 Å². The Bertz CT molecular complexity index is 373. The first-order valence-corrected chi connectivity index (χ1v) is 7.07. The van der Waals surface area contributed by atoms with Crippen LogP contribution in [0.1, 0.15) is 44.6 Å². The number of nitrogens with zero attached hydrogens (tertiary/aromatic N) is 1. The molecular formula is C15H24N2O. The number of nitrogen functional groups attached to an aromatic ring is 1. The highest BCUT2D eigenvalue weighted by Gasteiger charge is 2.25. The molecule has 3 heteroatoms. The number of aliphatic hydroxyl groups is 1. The van der Waals surface area contributed by atoms with Crippen molar-refractivity contribution in [2.24, 2.45) is 11.8 Å². The second kappa shape index (κ2) is 6.19. The van der Waals surface area contributed by atoms with Crippen molar-refractivity contribution in [3.05, 3.63) is 23.9 Å². The number of nitrogens with two attached hydrogens (primary N) is 1. The van der Waals surface area contributed by atoms with Gasteiger partial charge in [0.05, 0.1) is 6.10 Å². The summed E-state index contributed by atoms with van der Waals surface area (Å²) in [4.78, 5) is 3.98. The van der Waals surface area contributed by atoms with Crippen LogP contribution < -0.4 is 5.73 Å². The van der Waals surface area contributed by atoms with Gasteiger partial charge >= 0.3 is 0 Å². The van der Waals surface area contributed by atoms with Crippen molar-refractivity contribution in [1.82, 2.24) is 4.98 Å². The second-order valence-corrected chi connectivity index (χ2v) is 5.55. The molecule has 1 atom stereocenters. The Morgan fingerprint density at radius 3 is 2.72 bits per heavy atom. The first-order chi connectivity index (χ1) is 8.69. The standard InChI is InChI=1S/C15H24N2O/c1-2-11-3-5-13(6-4-11)14(18)9-12-7-8-17-15(16)10-12/h7-8,10-11,13-14,18H,2-6,9H2,1H3,(H2,16,17). The second-order valence-electron chi connectivity index (χ2n) is 5.55. The van der Waals surface area contributed by atoms with E-state index in [0.717, 1.165) is 11.5 Å². The molecule has 0 aromatic carbocycles. The lowest BCUT2D eigenvalue weighted by atomic mass is 9.77. The summed E-state index contributed by atoms with van der Waals surface area (Å²) < 4.78 is 0. The molecule has 1 aliphatic rings. The normalized spacial score (nSPS) is 25.9. The maximum absolute atomic E-state index is 10.3. The molecule has 0 spiro atoms. The van der Waals surface area contributed by atoms with Gasteiger partial charge in [0.1, 0.15) is 5.82 Å². The van der Waals surface area contributed by atoms with Gasteiger partial charge in [-0.25, -0.2) is 4.98 Å². The molecule has 0 aliphatic heterocycles. The maximum Gasteiger partial charge on any atom is 0.123 e. The van der Waals surface area contributed by atoms with Gasteiger partial charge in [0.25, 0.3) is 0 Å². The number of aromatic nitrogens is 1. The van der Waals surface area contributed by atoms with Crippen LogP contribution >= 0.6 is 0 Å². The molecular weight excluding hydrogens is 224 g/mol. The van der Waals surface area contributed by atoms with Gasteiger partial charge in [-0.1, -0.05) is 26.2 Å². The van der Waals surface area contributed by atoms with Crippen LogP contribution in [-0.4, -0.2) is 16.2 Å². The van der Waals surface area contributed by atoms with E-state index < -0.39 is 0 Å². The minimum Gasteiger partial charge on any atom is -0.392 e. The van der Waals surface area contributed by atoms with Crippen molar-refractivity contribution in [1.29, 1.82) is 0 Å². The van der Waals surface area contributed by atoms with E-state index >= 15 is 0 Å². The molecule has 1 saturated carbocycles. The van der Waals surface area contributed by atoms with Crippen molar-refractivity contribution in [2.45, 2.75) is 51.6 Å². The fourth-order valence-electron chi connectivity index (χ4n) is 3.01. The van der Waals surface area contributed by atoms with Gasteiger partial charge in [-0.2, -0.15) is 0 Å². The van der Waals surface area contributed by atoms with E-state index in [2.05, 4.69) is 11.9 Å². The lowest BCUT2D eigenvalue weighted by Gasteiger charge is -2.31. The summed E-state index contributed by atoms with van der Waals surface area (Å²) in [5.41, 5.74) is 6.75. The number of anilines is 1. The Labute approximate surface area is 109 Å². The van der Waals surface area contributed by atoms with Crippen molar-refractivity contribution >= 4 is 5.82 Å². The Hall–Kier alpha value is -1.09. The molecule has 2 rings (SSSR count). The number of pyridine rings is 1. The average Bonchev–Trinajstić information content (AvgIpc) is 2.39. The van der Waals surface area contributed by atoms with Crippen LogP contribution in [0.15, 0.2) is 18.3 Å². The highest BCUT2D eigenvalue weighted by molar-refractivity contribution is 5.32. The molecule has 18 heavy (non-hydrogen) atoms. The van der Waals surface area contributed by atoms with E-state index in [0.29, 0.717) is 18.2 Å². The van der Waals surface area contributed by atoms with Gasteiger partial charge in [-0.15, -0.1) is 0 Å². The van der Waals surface area contributed by atoms with E-state index in [1.807, 2.05) is 12.1 Å².